The number of nitrogens with one attached hydrogen (secondary N) is 2. The Morgan fingerprint density at radius 3 is 2.80 bits per heavy atom. The Balaban J connectivity index is 1.61. The van der Waals surface area contributed by atoms with Gasteiger partial charge in [-0.1, -0.05) is 6.07 Å². The van der Waals surface area contributed by atoms with Gasteiger partial charge in [-0.3, -0.25) is 9.78 Å². The number of aromatic nitrogens is 3. The predicted molar refractivity (Wildman–Crippen MR) is 98.5 cm³/mol. The van der Waals surface area contributed by atoms with Gasteiger partial charge in [0.2, 0.25) is 0 Å². The number of rotatable bonds is 5. The first-order chi connectivity index (χ1) is 12.2. The number of carbonyl (C=O) groups is 1. The molecule has 4 rings (SSSR count). The maximum atomic E-state index is 12.7. The fourth-order valence-corrected chi connectivity index (χ4v) is 3.59. The molecule has 0 spiro atoms. The largest absolute Gasteiger partial charge is 0.344 e. The van der Waals surface area contributed by atoms with Crippen molar-refractivity contribution < 1.29 is 4.79 Å². The van der Waals surface area contributed by atoms with Crippen molar-refractivity contribution in [3.8, 4) is 0 Å². The molecule has 0 unspecified atom stereocenters. The Kier molecular flexibility index (Phi) is 4.15. The third-order valence-corrected chi connectivity index (χ3v) is 4.97. The summed E-state index contributed by atoms with van der Waals surface area (Å²) in [5.41, 5.74) is 2.08. The van der Waals surface area contributed by atoms with Crippen molar-refractivity contribution in [2.45, 2.75) is 25.7 Å². The summed E-state index contributed by atoms with van der Waals surface area (Å²) in [5, 5.41) is 7.85. The van der Waals surface area contributed by atoms with Gasteiger partial charge >= 0.3 is 0 Å². The van der Waals surface area contributed by atoms with Crippen molar-refractivity contribution in [1.29, 1.82) is 0 Å². The molecule has 3 heterocycles. The zero-order valence-electron chi connectivity index (χ0n) is 13.7. The van der Waals surface area contributed by atoms with Crippen LogP contribution < -0.4 is 10.6 Å². The Morgan fingerprint density at radius 1 is 1.20 bits per heavy atom. The second-order valence-corrected chi connectivity index (χ2v) is 7.02. The smallest absolute Gasteiger partial charge is 0.278 e. The molecule has 1 amide bonds. The number of pyridine rings is 2. The van der Waals surface area contributed by atoms with Gasteiger partial charge in [0.05, 0.1) is 16.9 Å². The highest BCUT2D eigenvalue weighted by molar-refractivity contribution is 7.16. The minimum Gasteiger partial charge on any atom is -0.344 e. The van der Waals surface area contributed by atoms with Crippen LogP contribution in [0.5, 0.6) is 0 Å². The second kappa shape index (κ2) is 6.60. The van der Waals surface area contributed by atoms with Crippen LogP contribution in [0.3, 0.4) is 0 Å². The molecule has 1 fully saturated rings. The van der Waals surface area contributed by atoms with Gasteiger partial charge in [0.15, 0.2) is 5.69 Å². The molecule has 0 aromatic carbocycles. The van der Waals surface area contributed by atoms with Gasteiger partial charge in [0, 0.05) is 17.8 Å². The molecule has 0 saturated heterocycles. The van der Waals surface area contributed by atoms with Gasteiger partial charge in [-0.2, -0.15) is 0 Å². The minimum absolute atomic E-state index is 0.257. The van der Waals surface area contributed by atoms with E-state index in [0.29, 0.717) is 17.4 Å². The highest BCUT2D eigenvalue weighted by atomic mass is 32.1. The molecular weight excluding hydrogens is 334 g/mol. The van der Waals surface area contributed by atoms with Crippen LogP contribution in [0.4, 0.5) is 16.5 Å². The molecule has 0 radical (unpaired) electrons. The van der Waals surface area contributed by atoms with Crippen LogP contribution in [0, 0.1) is 6.92 Å². The molecule has 6 nitrogen and oxygen atoms in total. The average molecular weight is 351 g/mol. The average Bonchev–Trinajstić information content (AvgIpc) is 3.37. The summed E-state index contributed by atoms with van der Waals surface area (Å²) in [4.78, 5) is 25.7. The van der Waals surface area contributed by atoms with Crippen molar-refractivity contribution >= 4 is 33.8 Å². The van der Waals surface area contributed by atoms with Gasteiger partial charge in [-0.05, 0) is 44.0 Å². The van der Waals surface area contributed by atoms with Gasteiger partial charge in [0.1, 0.15) is 10.8 Å². The van der Waals surface area contributed by atoms with Crippen molar-refractivity contribution in [3.05, 3.63) is 59.1 Å². The summed E-state index contributed by atoms with van der Waals surface area (Å²) < 4.78 is 0. The lowest BCUT2D eigenvalue weighted by atomic mass is 10.3. The fourth-order valence-electron chi connectivity index (χ4n) is 2.44. The molecule has 25 heavy (non-hydrogen) atoms. The van der Waals surface area contributed by atoms with E-state index < -0.39 is 0 Å². The van der Waals surface area contributed by atoms with E-state index in [1.807, 2.05) is 31.2 Å². The van der Waals surface area contributed by atoms with Crippen molar-refractivity contribution in [3.63, 3.8) is 0 Å². The lowest BCUT2D eigenvalue weighted by Gasteiger charge is -2.07. The molecule has 3 aromatic heterocycles. The minimum atomic E-state index is -0.257. The number of anilines is 3. The van der Waals surface area contributed by atoms with Crippen LogP contribution >= 0.6 is 11.3 Å². The molecule has 7 heteroatoms. The lowest BCUT2D eigenvalue weighted by Crippen LogP contribution is -2.15. The first kappa shape index (κ1) is 15.7. The topological polar surface area (TPSA) is 79.8 Å². The maximum Gasteiger partial charge on any atom is 0.278 e. The third-order valence-electron chi connectivity index (χ3n) is 3.83. The van der Waals surface area contributed by atoms with Crippen LogP contribution in [0.15, 0.2) is 42.7 Å². The van der Waals surface area contributed by atoms with Crippen LogP contribution in [0.2, 0.25) is 0 Å². The van der Waals surface area contributed by atoms with Gasteiger partial charge in [-0.15, -0.1) is 11.3 Å². The Bertz CT molecular complexity index is 905. The van der Waals surface area contributed by atoms with Gasteiger partial charge in [0.25, 0.3) is 5.91 Å². The number of hydrogen-bond donors (Lipinski definition) is 2. The van der Waals surface area contributed by atoms with E-state index in [2.05, 4.69) is 25.6 Å². The molecule has 0 aliphatic heterocycles. The molecule has 0 bridgehead atoms. The van der Waals surface area contributed by atoms with E-state index in [-0.39, 0.29) is 5.91 Å². The number of carbonyl (C=O) groups excluding carboxylic acids is 1. The van der Waals surface area contributed by atoms with E-state index in [9.17, 15) is 4.79 Å². The molecule has 1 aliphatic rings. The highest BCUT2D eigenvalue weighted by Gasteiger charge is 2.30. The van der Waals surface area contributed by atoms with E-state index in [4.69, 9.17) is 0 Å². The number of aryl methyl sites for hydroxylation is 1. The van der Waals surface area contributed by atoms with Crippen LogP contribution in [-0.4, -0.2) is 20.9 Å². The molecule has 3 aromatic rings. The third kappa shape index (κ3) is 3.66. The van der Waals surface area contributed by atoms with Crippen LogP contribution in [0.25, 0.3) is 0 Å². The Morgan fingerprint density at radius 2 is 2.08 bits per heavy atom. The molecule has 0 atom stereocenters. The number of hydrogen-bond acceptors (Lipinski definition) is 6. The first-order valence-electron chi connectivity index (χ1n) is 8.12. The predicted octanol–water partition coefficient (Wildman–Crippen LogP) is 4.11. The van der Waals surface area contributed by atoms with Crippen LogP contribution in [0.1, 0.15) is 39.9 Å². The summed E-state index contributed by atoms with van der Waals surface area (Å²) in [5.74, 6) is 0.754. The quantitative estimate of drug-likeness (QED) is 0.723. The first-order valence-corrected chi connectivity index (χ1v) is 8.93. The summed E-state index contributed by atoms with van der Waals surface area (Å²) in [6, 6.07) is 9.28. The SMILES string of the molecule is Cc1cccc(NC(=O)c2nc(C3CC3)sc2Nc2cccnc2)n1. The molecule has 2 N–H and O–H groups in total. The van der Waals surface area contributed by atoms with E-state index >= 15 is 0 Å². The normalized spacial score (nSPS) is 13.5. The van der Waals surface area contributed by atoms with Gasteiger partial charge in [-0.25, -0.2) is 9.97 Å². The van der Waals surface area contributed by atoms with Crippen molar-refractivity contribution in [1.82, 2.24) is 15.0 Å². The molecule has 1 saturated carbocycles. The zero-order chi connectivity index (χ0) is 17.2. The number of nitrogens with zero attached hydrogens (tertiary/aromatic N) is 3. The lowest BCUT2D eigenvalue weighted by molar-refractivity contribution is 0.102. The summed E-state index contributed by atoms with van der Waals surface area (Å²) in [6.07, 6.45) is 5.71. The highest BCUT2D eigenvalue weighted by Crippen LogP contribution is 2.44. The summed E-state index contributed by atoms with van der Waals surface area (Å²) >= 11 is 1.54. The van der Waals surface area contributed by atoms with Crippen LogP contribution in [-0.2, 0) is 0 Å². The molecular formula is C18H17N5OS. The molecule has 126 valence electrons. The van der Waals surface area contributed by atoms with E-state index in [1.54, 1.807) is 18.5 Å². The standard InChI is InChI=1S/C18H17N5OS/c1-11-4-2-6-14(20-11)22-16(24)15-18(21-13-5-3-9-19-10-13)25-17(23-15)12-7-8-12/h2-6,9-10,12,21H,7-8H2,1H3,(H,20,22,24). The summed E-state index contributed by atoms with van der Waals surface area (Å²) in [6.45, 7) is 1.89. The Hall–Kier alpha value is -2.80. The fraction of sp³-hybridized carbons (Fsp3) is 0.222. The van der Waals surface area contributed by atoms with E-state index in [0.717, 1.165) is 34.2 Å². The number of thiazole rings is 1. The zero-order valence-corrected chi connectivity index (χ0v) is 14.5. The maximum absolute atomic E-state index is 12.7. The van der Waals surface area contributed by atoms with Gasteiger partial charge < -0.3 is 10.6 Å². The molecule has 1 aliphatic carbocycles. The second-order valence-electron chi connectivity index (χ2n) is 5.99. The Labute approximate surface area is 149 Å². The van der Waals surface area contributed by atoms with Crippen molar-refractivity contribution in [2.24, 2.45) is 0 Å². The van der Waals surface area contributed by atoms with Crippen molar-refractivity contribution in [2.75, 3.05) is 10.6 Å². The van der Waals surface area contributed by atoms with E-state index in [1.165, 1.54) is 11.3 Å². The number of amides is 1. The summed E-state index contributed by atoms with van der Waals surface area (Å²) in [7, 11) is 0. The monoisotopic (exact) mass is 351 g/mol.